The lowest BCUT2D eigenvalue weighted by Gasteiger charge is -2.64. The van der Waals surface area contributed by atoms with Gasteiger partial charge < -0.3 is 109 Å². The summed E-state index contributed by atoms with van der Waals surface area (Å²) in [5.41, 5.74) is -2.53. The van der Waals surface area contributed by atoms with E-state index in [9.17, 15) is 75.7 Å². The lowest BCUT2D eigenvalue weighted by atomic mass is 9.41. The maximum absolute atomic E-state index is 14.5. The number of aliphatic hydroxyl groups is 12. The molecule has 4 aliphatic heterocycles. The van der Waals surface area contributed by atoms with Gasteiger partial charge in [0.2, 0.25) is 6.29 Å². The third-order valence-electron chi connectivity index (χ3n) is 17.8. The summed E-state index contributed by atoms with van der Waals surface area (Å²) in [6, 6.07) is 0. The highest BCUT2D eigenvalue weighted by atomic mass is 16.8. The molecule has 1 spiro atoms. The first kappa shape index (κ1) is 56.6. The molecule has 0 aromatic carbocycles. The zero-order valence-corrected chi connectivity index (χ0v) is 41.0. The van der Waals surface area contributed by atoms with Gasteiger partial charge in [-0.05, 0) is 93.0 Å². The number of ether oxygens (including phenoxy) is 9. The van der Waals surface area contributed by atoms with E-state index in [0.29, 0.717) is 56.9 Å². The van der Waals surface area contributed by atoms with Crippen molar-refractivity contribution in [2.24, 2.45) is 28.1 Å². The van der Waals surface area contributed by atoms with Crippen molar-refractivity contribution in [2.45, 2.75) is 220 Å². The second-order valence-electron chi connectivity index (χ2n) is 22.1. The van der Waals surface area contributed by atoms with Crippen LogP contribution < -0.4 is 0 Å². The van der Waals surface area contributed by atoms with Crippen molar-refractivity contribution >= 4 is 17.9 Å². The minimum atomic E-state index is -1.95. The van der Waals surface area contributed by atoms with Gasteiger partial charge in [0.05, 0.1) is 30.3 Å². The fourth-order valence-corrected chi connectivity index (χ4v) is 14.0. The van der Waals surface area contributed by atoms with Crippen molar-refractivity contribution in [3.05, 3.63) is 12.2 Å². The molecular weight excluding hydrogens is 977 g/mol. The van der Waals surface area contributed by atoms with Gasteiger partial charge in [-0.3, -0.25) is 14.4 Å². The first-order chi connectivity index (χ1) is 34.4. The van der Waals surface area contributed by atoms with Crippen LogP contribution in [0.2, 0.25) is 0 Å². The molecule has 0 amide bonds. The van der Waals surface area contributed by atoms with E-state index in [1.165, 1.54) is 0 Å². The number of carbonyl (C=O) groups excluding carboxylic acids is 2. The standard InChI is InChI=1S/C48H74O25/c1-5-20-28(54)32(58)35(61)40(66-20)70-38-31(57)22(16-50)68-43(39(38)71-41-36(62)33(59)29(55)21(15-49)67-41)73-48-12-8-25-45(3)9-6-10-46(4,24(45)7-11-47(25,18-48)14-19(48)2)44(64)72-42-37(63)34(60)30(56)23(69-42)17-65-27(53)13-26(51)52/h20-25,28-43,49-50,54-63H,2,5-18H2,1,3-4H3,(H,51,52)/t20-,21?,22-,23?,24+,25+,28?,29-,30-,31?,32?,33?,34?,35-,36?,37?,38?,39-,40?,41+,42+,43?,45-,46-,47-,48+/m1/s1. The van der Waals surface area contributed by atoms with E-state index in [1.807, 2.05) is 0 Å². The molecule has 4 saturated carbocycles. The smallest absolute Gasteiger partial charge is 0.317 e. The Morgan fingerprint density at radius 2 is 1.16 bits per heavy atom. The number of esters is 2. The number of fused-ring (bicyclic) bond motifs is 3. The van der Waals surface area contributed by atoms with E-state index in [0.717, 1.165) is 6.42 Å². The zero-order valence-electron chi connectivity index (χ0n) is 41.0. The van der Waals surface area contributed by atoms with Crippen molar-refractivity contribution in [2.75, 3.05) is 19.8 Å². The van der Waals surface area contributed by atoms with E-state index in [2.05, 4.69) is 13.5 Å². The van der Waals surface area contributed by atoms with Gasteiger partial charge in [0.1, 0.15) is 105 Å². The highest BCUT2D eigenvalue weighted by Gasteiger charge is 2.70. The molecule has 2 bridgehead atoms. The highest BCUT2D eigenvalue weighted by molar-refractivity contribution is 5.90. The van der Waals surface area contributed by atoms with Gasteiger partial charge in [-0.15, -0.1) is 0 Å². The number of rotatable bonds is 15. The molecule has 4 saturated heterocycles. The lowest BCUT2D eigenvalue weighted by Crippen LogP contribution is -2.68. The Kier molecular flexibility index (Phi) is 16.8. The number of hydrogen-bond donors (Lipinski definition) is 13. The highest BCUT2D eigenvalue weighted by Crippen LogP contribution is 2.74. The predicted octanol–water partition coefficient (Wildman–Crippen LogP) is -3.67. The fourth-order valence-electron chi connectivity index (χ4n) is 14.0. The molecule has 13 N–H and O–H groups in total. The SMILES string of the molecule is C=C1C[C@@]23CC[C@H]4[C@@](C)(CCC[C@@]4(C)C(=O)O[C@@H]4OC(COC(=O)CC(=O)O)[C@@H](O)C(O)C4O)[C@@H]2CC[C@]1(OC1O[C@H](CO)C(O)C(OC2O[C@H](CC)C(O)C(O)[C@H]2O)[C@H]1O[C@@H]1OC(CO)[C@@H](O)C(O)C1O)C3. The van der Waals surface area contributed by atoms with E-state index in [1.54, 1.807) is 13.8 Å². The number of aliphatic carboxylic acids is 1. The molecule has 26 atom stereocenters. The van der Waals surface area contributed by atoms with Crippen LogP contribution in [0.1, 0.15) is 91.4 Å². The van der Waals surface area contributed by atoms with Gasteiger partial charge in [0.25, 0.3) is 0 Å². The number of carboxylic acids is 1. The van der Waals surface area contributed by atoms with Crippen molar-refractivity contribution in [1.29, 1.82) is 0 Å². The number of aliphatic hydroxyl groups excluding tert-OH is 12. The molecular formula is C48H74O25. The van der Waals surface area contributed by atoms with Crippen molar-refractivity contribution in [3.8, 4) is 0 Å². The average molecular weight is 1050 g/mol. The van der Waals surface area contributed by atoms with Gasteiger partial charge in [0.15, 0.2) is 18.9 Å². The Morgan fingerprint density at radius 3 is 1.78 bits per heavy atom. The molecule has 0 aromatic rings. The minimum absolute atomic E-state index is 0.0183. The summed E-state index contributed by atoms with van der Waals surface area (Å²) < 4.78 is 53.8. The lowest BCUT2D eigenvalue weighted by molar-refractivity contribution is -0.399. The van der Waals surface area contributed by atoms with Gasteiger partial charge in [-0.25, -0.2) is 0 Å². The maximum Gasteiger partial charge on any atom is 0.317 e. The van der Waals surface area contributed by atoms with Crippen LogP contribution >= 0.6 is 0 Å². The van der Waals surface area contributed by atoms with Crippen LogP contribution in [0.3, 0.4) is 0 Å². The summed E-state index contributed by atoms with van der Waals surface area (Å²) in [6.07, 6.45) is -29.8. The largest absolute Gasteiger partial charge is 0.481 e. The van der Waals surface area contributed by atoms with Gasteiger partial charge >= 0.3 is 17.9 Å². The fraction of sp³-hybridized carbons (Fsp3) is 0.896. The van der Waals surface area contributed by atoms with Crippen molar-refractivity contribution in [1.82, 2.24) is 0 Å². The summed E-state index contributed by atoms with van der Waals surface area (Å²) in [6.45, 7) is 7.84. The van der Waals surface area contributed by atoms with Crippen LogP contribution in [-0.2, 0) is 57.0 Å². The molecule has 0 aromatic heterocycles. The van der Waals surface area contributed by atoms with Crippen LogP contribution in [0.15, 0.2) is 12.2 Å². The maximum atomic E-state index is 14.5. The molecule has 4 heterocycles. The topological polar surface area (TPSA) is 397 Å². The first-order valence-corrected chi connectivity index (χ1v) is 25.3. The normalized spacial score (nSPS) is 50.9. The molecule has 4 aliphatic carbocycles. The summed E-state index contributed by atoms with van der Waals surface area (Å²) in [4.78, 5) is 37.4. The Bertz CT molecular complexity index is 1990. The van der Waals surface area contributed by atoms with Crippen molar-refractivity contribution in [3.63, 3.8) is 0 Å². The van der Waals surface area contributed by atoms with Crippen LogP contribution in [0.25, 0.3) is 0 Å². The van der Waals surface area contributed by atoms with Crippen molar-refractivity contribution < 1.29 is 123 Å². The van der Waals surface area contributed by atoms with E-state index < -0.39 is 189 Å². The average Bonchev–Trinajstić information content (AvgIpc) is 3.54. The second-order valence-corrected chi connectivity index (χ2v) is 22.1. The molecule has 8 aliphatic rings. The number of carboxylic acid groups (broad SMARTS) is 1. The Balaban J connectivity index is 1.03. The van der Waals surface area contributed by atoms with E-state index in [4.69, 9.17) is 47.7 Å². The summed E-state index contributed by atoms with van der Waals surface area (Å²) in [5, 5.41) is 138. The zero-order chi connectivity index (χ0) is 53.3. The summed E-state index contributed by atoms with van der Waals surface area (Å²) in [7, 11) is 0. The van der Waals surface area contributed by atoms with Crippen LogP contribution in [-0.4, -0.2) is 233 Å². The second kappa shape index (κ2) is 21.7. The monoisotopic (exact) mass is 1050 g/mol. The minimum Gasteiger partial charge on any atom is -0.481 e. The van der Waals surface area contributed by atoms with Gasteiger partial charge in [-0.2, -0.15) is 0 Å². The summed E-state index contributed by atoms with van der Waals surface area (Å²) in [5.74, 6) is -3.59. The molecule has 25 nitrogen and oxygen atoms in total. The Hall–Kier alpha value is -2.61. The molecule has 73 heavy (non-hydrogen) atoms. The predicted molar refractivity (Wildman–Crippen MR) is 238 cm³/mol. The molecule has 12 unspecified atom stereocenters. The van der Waals surface area contributed by atoms with Gasteiger partial charge in [-0.1, -0.05) is 26.8 Å². The Morgan fingerprint density at radius 1 is 0.630 bits per heavy atom. The number of hydrogen-bond acceptors (Lipinski definition) is 24. The van der Waals surface area contributed by atoms with E-state index in [-0.39, 0.29) is 18.3 Å². The first-order valence-electron chi connectivity index (χ1n) is 25.3. The Labute approximate surface area is 420 Å². The van der Waals surface area contributed by atoms with Gasteiger partial charge in [0, 0.05) is 0 Å². The van der Waals surface area contributed by atoms with Crippen LogP contribution in [0, 0.1) is 28.1 Å². The molecule has 0 radical (unpaired) electrons. The number of carbonyl (C=O) groups is 3. The van der Waals surface area contributed by atoms with Crippen LogP contribution in [0.4, 0.5) is 0 Å². The quantitative estimate of drug-likeness (QED) is 0.0325. The summed E-state index contributed by atoms with van der Waals surface area (Å²) >= 11 is 0. The third-order valence-corrected chi connectivity index (χ3v) is 17.8. The molecule has 8 fully saturated rings. The third kappa shape index (κ3) is 10.1. The van der Waals surface area contributed by atoms with E-state index >= 15 is 0 Å². The molecule has 416 valence electrons. The molecule has 8 rings (SSSR count). The van der Waals surface area contributed by atoms with Crippen LogP contribution in [0.5, 0.6) is 0 Å². The molecule has 25 heteroatoms.